The summed E-state index contributed by atoms with van der Waals surface area (Å²) >= 11 is 0. The monoisotopic (exact) mass is 408 g/mol. The number of piperazine rings is 1. The molecule has 2 aliphatic rings. The smallest absolute Gasteiger partial charge is 0.238 e. The maximum atomic E-state index is 12.4. The summed E-state index contributed by atoms with van der Waals surface area (Å²) in [5.41, 5.74) is 0.924. The summed E-state index contributed by atoms with van der Waals surface area (Å²) < 4.78 is 22.5. The number of primary sulfonamides is 1. The van der Waals surface area contributed by atoms with Crippen molar-refractivity contribution in [3.63, 3.8) is 0 Å². The number of benzene rings is 1. The van der Waals surface area contributed by atoms with E-state index in [4.69, 9.17) is 5.14 Å². The maximum absolute atomic E-state index is 12.4. The largest absolute Gasteiger partial charge is 0.354 e. The Hall–Kier alpha value is -1.97. The molecular formula is C19H28N4O4S. The van der Waals surface area contributed by atoms with Gasteiger partial charge in [-0.1, -0.05) is 12.1 Å². The van der Waals surface area contributed by atoms with Crippen LogP contribution in [-0.2, 0) is 26.0 Å². The molecule has 1 atom stereocenters. The first-order valence-corrected chi connectivity index (χ1v) is 11.2. The van der Waals surface area contributed by atoms with Gasteiger partial charge in [-0.15, -0.1) is 0 Å². The van der Waals surface area contributed by atoms with Crippen LogP contribution in [0, 0.1) is 5.92 Å². The minimum atomic E-state index is -3.69. The number of hydrogen-bond donors (Lipinski definition) is 2. The van der Waals surface area contributed by atoms with Crippen molar-refractivity contribution in [2.45, 2.75) is 37.1 Å². The van der Waals surface area contributed by atoms with E-state index in [1.165, 1.54) is 12.1 Å². The minimum Gasteiger partial charge on any atom is -0.354 e. The number of sulfonamides is 1. The minimum absolute atomic E-state index is 0.0388. The molecule has 1 aromatic rings. The fraction of sp³-hybridized carbons (Fsp3) is 0.579. The molecule has 9 heteroatoms. The Balaban J connectivity index is 1.40. The average molecular weight is 409 g/mol. The van der Waals surface area contributed by atoms with E-state index in [1.807, 2.05) is 11.8 Å². The molecule has 1 aliphatic heterocycles. The summed E-state index contributed by atoms with van der Waals surface area (Å²) in [6, 6.07) is 6.09. The molecule has 0 bridgehead atoms. The molecule has 8 nitrogen and oxygen atoms in total. The Morgan fingerprint density at radius 3 is 2.29 bits per heavy atom. The molecule has 1 aromatic carbocycles. The third-order valence-electron chi connectivity index (χ3n) is 5.44. The van der Waals surface area contributed by atoms with Crippen LogP contribution in [0.25, 0.3) is 0 Å². The second kappa shape index (κ2) is 8.59. The molecule has 1 saturated carbocycles. The zero-order valence-electron chi connectivity index (χ0n) is 16.1. The molecule has 2 amide bonds. The molecule has 1 saturated heterocycles. The molecule has 3 rings (SSSR count). The van der Waals surface area contributed by atoms with Crippen molar-refractivity contribution >= 4 is 21.8 Å². The standard InChI is InChI=1S/C19H28N4O4S/c1-14(22-10-12-23(13-11-22)19(25)16-4-5-16)18(24)21-9-8-15-2-6-17(7-3-15)28(20,26)27/h2-3,6-7,14,16H,4-5,8-13H2,1H3,(H,21,24)(H2,20,26,27). The maximum Gasteiger partial charge on any atom is 0.238 e. The predicted molar refractivity (Wildman–Crippen MR) is 105 cm³/mol. The van der Waals surface area contributed by atoms with Crippen LogP contribution in [0.3, 0.4) is 0 Å². The van der Waals surface area contributed by atoms with Gasteiger partial charge >= 0.3 is 0 Å². The first-order chi connectivity index (χ1) is 13.3. The topological polar surface area (TPSA) is 113 Å². The van der Waals surface area contributed by atoms with Crippen LogP contribution in [0.2, 0.25) is 0 Å². The molecule has 0 radical (unpaired) electrons. The molecule has 0 spiro atoms. The Morgan fingerprint density at radius 2 is 1.75 bits per heavy atom. The second-order valence-electron chi connectivity index (χ2n) is 7.54. The lowest BCUT2D eigenvalue weighted by Gasteiger charge is -2.37. The molecule has 1 heterocycles. The number of carbonyl (C=O) groups is 2. The van der Waals surface area contributed by atoms with Gasteiger partial charge in [0.05, 0.1) is 10.9 Å². The number of rotatable bonds is 7. The van der Waals surface area contributed by atoms with Crippen molar-refractivity contribution in [2.24, 2.45) is 11.1 Å². The zero-order valence-corrected chi connectivity index (χ0v) is 17.0. The average Bonchev–Trinajstić information content (AvgIpc) is 3.52. The van der Waals surface area contributed by atoms with E-state index in [1.54, 1.807) is 12.1 Å². The highest BCUT2D eigenvalue weighted by Gasteiger charge is 2.35. The highest BCUT2D eigenvalue weighted by atomic mass is 32.2. The molecular weight excluding hydrogens is 380 g/mol. The Morgan fingerprint density at radius 1 is 1.14 bits per heavy atom. The first-order valence-electron chi connectivity index (χ1n) is 9.68. The van der Waals surface area contributed by atoms with E-state index in [-0.39, 0.29) is 28.7 Å². The first kappa shape index (κ1) is 20.8. The summed E-state index contributed by atoms with van der Waals surface area (Å²) in [5.74, 6) is 0.472. The normalized spacial score (nSPS) is 19.3. The van der Waals surface area contributed by atoms with E-state index in [0.717, 1.165) is 18.4 Å². The lowest BCUT2D eigenvalue weighted by atomic mass is 10.1. The van der Waals surface area contributed by atoms with Gasteiger partial charge in [0.15, 0.2) is 0 Å². The number of nitrogens with one attached hydrogen (secondary N) is 1. The van der Waals surface area contributed by atoms with Gasteiger partial charge in [0, 0.05) is 38.6 Å². The van der Waals surface area contributed by atoms with Crippen LogP contribution in [-0.4, -0.2) is 68.8 Å². The van der Waals surface area contributed by atoms with Gasteiger partial charge < -0.3 is 10.2 Å². The molecule has 2 fully saturated rings. The Kier molecular flexibility index (Phi) is 6.36. The van der Waals surface area contributed by atoms with Crippen LogP contribution < -0.4 is 10.5 Å². The van der Waals surface area contributed by atoms with Crippen molar-refractivity contribution in [1.29, 1.82) is 0 Å². The van der Waals surface area contributed by atoms with E-state index in [2.05, 4.69) is 10.2 Å². The summed E-state index contributed by atoms with van der Waals surface area (Å²) in [6.07, 6.45) is 2.64. The van der Waals surface area contributed by atoms with Gasteiger partial charge in [-0.2, -0.15) is 0 Å². The van der Waals surface area contributed by atoms with Crippen molar-refractivity contribution in [3.05, 3.63) is 29.8 Å². The molecule has 154 valence electrons. The molecule has 1 unspecified atom stereocenters. The molecule has 28 heavy (non-hydrogen) atoms. The number of hydrogen-bond acceptors (Lipinski definition) is 5. The van der Waals surface area contributed by atoms with Gasteiger partial charge in [-0.3, -0.25) is 14.5 Å². The van der Waals surface area contributed by atoms with E-state index < -0.39 is 10.0 Å². The zero-order chi connectivity index (χ0) is 20.3. The van der Waals surface area contributed by atoms with Crippen LogP contribution >= 0.6 is 0 Å². The van der Waals surface area contributed by atoms with Crippen molar-refractivity contribution in [3.8, 4) is 0 Å². The number of nitrogens with zero attached hydrogens (tertiary/aromatic N) is 2. The molecule has 0 aromatic heterocycles. The number of amides is 2. The van der Waals surface area contributed by atoms with Crippen molar-refractivity contribution in [2.75, 3.05) is 32.7 Å². The predicted octanol–water partition coefficient (Wildman–Crippen LogP) is -0.0646. The van der Waals surface area contributed by atoms with Gasteiger partial charge in [-0.25, -0.2) is 13.6 Å². The Bertz CT molecular complexity index is 813. The summed E-state index contributed by atoms with van der Waals surface area (Å²) in [4.78, 5) is 28.6. The fourth-order valence-electron chi connectivity index (χ4n) is 3.41. The van der Waals surface area contributed by atoms with E-state index in [9.17, 15) is 18.0 Å². The second-order valence-corrected chi connectivity index (χ2v) is 9.10. The quantitative estimate of drug-likeness (QED) is 0.656. The molecule has 3 N–H and O–H groups in total. The lowest BCUT2D eigenvalue weighted by Crippen LogP contribution is -2.55. The van der Waals surface area contributed by atoms with Gasteiger partial charge in [0.1, 0.15) is 0 Å². The highest BCUT2D eigenvalue weighted by Crippen LogP contribution is 2.31. The van der Waals surface area contributed by atoms with E-state index >= 15 is 0 Å². The SMILES string of the molecule is CC(C(=O)NCCc1ccc(S(N)(=O)=O)cc1)N1CCN(C(=O)C2CC2)CC1. The van der Waals surface area contributed by atoms with Crippen LogP contribution in [0.4, 0.5) is 0 Å². The number of carbonyl (C=O) groups excluding carboxylic acids is 2. The lowest BCUT2D eigenvalue weighted by molar-refractivity contribution is -0.135. The van der Waals surface area contributed by atoms with Gasteiger partial charge in [-0.05, 0) is 43.9 Å². The van der Waals surface area contributed by atoms with E-state index in [0.29, 0.717) is 39.1 Å². The third-order valence-corrected chi connectivity index (χ3v) is 6.37. The number of nitrogens with two attached hydrogens (primary N) is 1. The summed E-state index contributed by atoms with van der Waals surface area (Å²) in [6.45, 7) is 5.14. The van der Waals surface area contributed by atoms with Crippen LogP contribution in [0.15, 0.2) is 29.2 Å². The van der Waals surface area contributed by atoms with Crippen LogP contribution in [0.5, 0.6) is 0 Å². The summed E-state index contributed by atoms with van der Waals surface area (Å²) in [5, 5.41) is 8.01. The van der Waals surface area contributed by atoms with Gasteiger partial charge in [0.2, 0.25) is 21.8 Å². The summed E-state index contributed by atoms with van der Waals surface area (Å²) in [7, 11) is -3.69. The van der Waals surface area contributed by atoms with Gasteiger partial charge in [0.25, 0.3) is 0 Å². The highest BCUT2D eigenvalue weighted by molar-refractivity contribution is 7.89. The third kappa shape index (κ3) is 5.30. The van der Waals surface area contributed by atoms with Crippen molar-refractivity contribution in [1.82, 2.24) is 15.1 Å². The van der Waals surface area contributed by atoms with Crippen molar-refractivity contribution < 1.29 is 18.0 Å². The van der Waals surface area contributed by atoms with Crippen LogP contribution in [0.1, 0.15) is 25.3 Å². The Labute approximate surface area is 166 Å². The molecule has 1 aliphatic carbocycles. The fourth-order valence-corrected chi connectivity index (χ4v) is 3.92.